The summed E-state index contributed by atoms with van der Waals surface area (Å²) in [4.78, 5) is 0. The summed E-state index contributed by atoms with van der Waals surface area (Å²) in [5.74, 6) is 0.726. The zero-order chi connectivity index (χ0) is 11.1. The van der Waals surface area contributed by atoms with Crippen LogP contribution in [0.25, 0.3) is 0 Å². The van der Waals surface area contributed by atoms with Crippen LogP contribution in [0.4, 0.5) is 0 Å². The zero-order valence-corrected chi connectivity index (χ0v) is 10.2. The number of hydrogen-bond acceptors (Lipinski definition) is 3. The SMILES string of the molecule is CC(C)CCS(=O)(=O)N1CC2CC1CO2. The van der Waals surface area contributed by atoms with E-state index in [2.05, 4.69) is 13.8 Å². The molecule has 2 fully saturated rings. The van der Waals surface area contributed by atoms with Gasteiger partial charge in [0.05, 0.1) is 24.5 Å². The monoisotopic (exact) mass is 233 g/mol. The Morgan fingerprint density at radius 3 is 2.67 bits per heavy atom. The fraction of sp³-hybridized carbons (Fsp3) is 1.00. The van der Waals surface area contributed by atoms with E-state index in [1.807, 2.05) is 0 Å². The fourth-order valence-electron chi connectivity index (χ4n) is 2.21. The zero-order valence-electron chi connectivity index (χ0n) is 9.35. The van der Waals surface area contributed by atoms with Crippen molar-refractivity contribution in [1.29, 1.82) is 0 Å². The highest BCUT2D eigenvalue weighted by Crippen LogP contribution is 2.30. The maximum absolute atomic E-state index is 12.0. The summed E-state index contributed by atoms with van der Waals surface area (Å²) in [5, 5.41) is 0. The highest BCUT2D eigenvalue weighted by molar-refractivity contribution is 7.89. The molecule has 0 aromatic carbocycles. The molecule has 0 aliphatic carbocycles. The Bertz CT molecular complexity index is 326. The summed E-state index contributed by atoms with van der Waals surface area (Å²) < 4.78 is 31.0. The molecule has 0 N–H and O–H groups in total. The first-order chi connectivity index (χ1) is 6.99. The second kappa shape index (κ2) is 4.03. The number of ether oxygens (including phenoxy) is 1. The normalized spacial score (nSPS) is 31.7. The van der Waals surface area contributed by atoms with Crippen LogP contribution in [0, 0.1) is 5.92 Å². The van der Waals surface area contributed by atoms with Gasteiger partial charge in [-0.1, -0.05) is 13.8 Å². The van der Waals surface area contributed by atoms with Gasteiger partial charge in [-0.3, -0.25) is 0 Å². The average Bonchev–Trinajstić information content (AvgIpc) is 2.76. The smallest absolute Gasteiger partial charge is 0.214 e. The Hall–Kier alpha value is -0.130. The predicted octanol–water partition coefficient (Wildman–Crippen LogP) is 0.835. The molecule has 2 heterocycles. The molecule has 0 radical (unpaired) electrons. The molecule has 0 amide bonds. The van der Waals surface area contributed by atoms with Crippen molar-refractivity contribution in [1.82, 2.24) is 4.31 Å². The Labute approximate surface area is 91.6 Å². The van der Waals surface area contributed by atoms with Crippen LogP contribution in [-0.2, 0) is 14.8 Å². The van der Waals surface area contributed by atoms with Crippen LogP contribution < -0.4 is 0 Å². The quantitative estimate of drug-likeness (QED) is 0.722. The van der Waals surface area contributed by atoms with Crippen LogP contribution in [0.15, 0.2) is 0 Å². The fourth-order valence-corrected chi connectivity index (χ4v) is 4.21. The lowest BCUT2D eigenvalue weighted by Gasteiger charge is -2.26. The van der Waals surface area contributed by atoms with Gasteiger partial charge in [-0.05, 0) is 18.8 Å². The summed E-state index contributed by atoms with van der Waals surface area (Å²) in [5.41, 5.74) is 0. The van der Waals surface area contributed by atoms with E-state index in [1.54, 1.807) is 4.31 Å². The molecule has 2 atom stereocenters. The van der Waals surface area contributed by atoms with Crippen molar-refractivity contribution in [2.75, 3.05) is 18.9 Å². The van der Waals surface area contributed by atoms with Gasteiger partial charge < -0.3 is 4.74 Å². The number of rotatable bonds is 4. The van der Waals surface area contributed by atoms with Crippen LogP contribution in [0.2, 0.25) is 0 Å². The molecule has 2 aliphatic rings. The molecule has 0 saturated carbocycles. The maximum Gasteiger partial charge on any atom is 0.214 e. The predicted molar refractivity (Wildman–Crippen MR) is 58.1 cm³/mol. The van der Waals surface area contributed by atoms with Gasteiger partial charge in [0.2, 0.25) is 10.0 Å². The van der Waals surface area contributed by atoms with Crippen LogP contribution in [-0.4, -0.2) is 43.8 Å². The first kappa shape index (κ1) is 11.4. The van der Waals surface area contributed by atoms with E-state index < -0.39 is 10.0 Å². The van der Waals surface area contributed by atoms with Crippen LogP contribution >= 0.6 is 0 Å². The standard InChI is InChI=1S/C10H19NO3S/c1-8(2)3-4-15(12,13)11-6-10-5-9(11)7-14-10/h8-10H,3-7H2,1-2H3. The first-order valence-electron chi connectivity index (χ1n) is 5.60. The molecule has 88 valence electrons. The number of morpholine rings is 1. The van der Waals surface area contributed by atoms with Gasteiger partial charge >= 0.3 is 0 Å². The molecule has 2 rings (SSSR count). The van der Waals surface area contributed by atoms with Gasteiger partial charge in [-0.2, -0.15) is 4.31 Å². The molecule has 2 aliphatic heterocycles. The van der Waals surface area contributed by atoms with Gasteiger partial charge in [-0.15, -0.1) is 0 Å². The lowest BCUT2D eigenvalue weighted by molar-refractivity contribution is 0.0608. The maximum atomic E-state index is 12.0. The highest BCUT2D eigenvalue weighted by Gasteiger charge is 2.44. The molecule has 2 saturated heterocycles. The van der Waals surface area contributed by atoms with Crippen molar-refractivity contribution < 1.29 is 13.2 Å². The van der Waals surface area contributed by atoms with Crippen molar-refractivity contribution in [3.8, 4) is 0 Å². The molecule has 0 spiro atoms. The Morgan fingerprint density at radius 1 is 1.47 bits per heavy atom. The Morgan fingerprint density at radius 2 is 2.20 bits per heavy atom. The van der Waals surface area contributed by atoms with Crippen molar-refractivity contribution in [3.05, 3.63) is 0 Å². The Kier molecular flexibility index (Phi) is 3.05. The molecule has 0 aromatic rings. The van der Waals surface area contributed by atoms with Crippen LogP contribution in [0.1, 0.15) is 26.7 Å². The van der Waals surface area contributed by atoms with E-state index >= 15 is 0 Å². The lowest BCUT2D eigenvalue weighted by Crippen LogP contribution is -2.42. The molecule has 2 bridgehead atoms. The topological polar surface area (TPSA) is 46.6 Å². The number of hydrogen-bond donors (Lipinski definition) is 0. The van der Waals surface area contributed by atoms with E-state index in [0.717, 1.165) is 12.8 Å². The Balaban J connectivity index is 1.97. The van der Waals surface area contributed by atoms with E-state index in [-0.39, 0.29) is 17.9 Å². The third-order valence-corrected chi connectivity index (χ3v) is 5.07. The summed E-state index contributed by atoms with van der Waals surface area (Å²) in [6, 6.07) is 0.118. The minimum Gasteiger partial charge on any atom is -0.375 e. The summed E-state index contributed by atoms with van der Waals surface area (Å²) in [6.07, 6.45) is 1.79. The van der Waals surface area contributed by atoms with Crippen LogP contribution in [0.5, 0.6) is 0 Å². The molecular formula is C10H19NO3S. The van der Waals surface area contributed by atoms with Gasteiger partial charge in [0.1, 0.15) is 0 Å². The van der Waals surface area contributed by atoms with Crippen molar-refractivity contribution in [3.63, 3.8) is 0 Å². The highest BCUT2D eigenvalue weighted by atomic mass is 32.2. The molecule has 15 heavy (non-hydrogen) atoms. The van der Waals surface area contributed by atoms with E-state index in [0.29, 0.717) is 19.1 Å². The van der Waals surface area contributed by atoms with Crippen molar-refractivity contribution in [2.24, 2.45) is 5.92 Å². The van der Waals surface area contributed by atoms with E-state index in [9.17, 15) is 8.42 Å². The van der Waals surface area contributed by atoms with Gasteiger partial charge in [0.15, 0.2) is 0 Å². The summed E-state index contributed by atoms with van der Waals surface area (Å²) in [6.45, 7) is 5.26. The van der Waals surface area contributed by atoms with E-state index in [1.165, 1.54) is 0 Å². The van der Waals surface area contributed by atoms with E-state index in [4.69, 9.17) is 4.74 Å². The number of nitrogens with zero attached hydrogens (tertiary/aromatic N) is 1. The molecule has 5 heteroatoms. The van der Waals surface area contributed by atoms with Gasteiger partial charge in [0, 0.05) is 6.54 Å². The minimum absolute atomic E-state index is 0.118. The molecule has 2 unspecified atom stereocenters. The third-order valence-electron chi connectivity index (χ3n) is 3.16. The number of sulfonamides is 1. The summed E-state index contributed by atoms with van der Waals surface area (Å²) >= 11 is 0. The van der Waals surface area contributed by atoms with Gasteiger partial charge in [0.25, 0.3) is 0 Å². The average molecular weight is 233 g/mol. The van der Waals surface area contributed by atoms with Crippen molar-refractivity contribution in [2.45, 2.75) is 38.8 Å². The van der Waals surface area contributed by atoms with Crippen LogP contribution in [0.3, 0.4) is 0 Å². The van der Waals surface area contributed by atoms with Crippen molar-refractivity contribution >= 4 is 10.0 Å². The second-order valence-corrected chi connectivity index (χ2v) is 6.95. The molecular weight excluding hydrogens is 214 g/mol. The third kappa shape index (κ3) is 2.34. The second-order valence-electron chi connectivity index (χ2n) is 4.91. The molecule has 0 aromatic heterocycles. The van der Waals surface area contributed by atoms with Gasteiger partial charge in [-0.25, -0.2) is 8.42 Å². The first-order valence-corrected chi connectivity index (χ1v) is 7.21. The lowest BCUT2D eigenvalue weighted by atomic mass is 10.2. The molecule has 4 nitrogen and oxygen atoms in total. The number of fused-ring (bicyclic) bond motifs is 2. The minimum atomic E-state index is -3.03. The summed E-state index contributed by atoms with van der Waals surface area (Å²) in [7, 11) is -3.03. The largest absolute Gasteiger partial charge is 0.375 e.